The Kier molecular flexibility index (Phi) is 9.02. The molecule has 0 atom stereocenters. The van der Waals surface area contributed by atoms with Crippen molar-refractivity contribution >= 4 is 17.2 Å². The van der Waals surface area contributed by atoms with Gasteiger partial charge < -0.3 is 19.5 Å². The smallest absolute Gasteiger partial charge is 0.313 e. The Morgan fingerprint density at radius 3 is 2.47 bits per heavy atom. The van der Waals surface area contributed by atoms with E-state index in [-0.39, 0.29) is 18.0 Å². The molecule has 0 aliphatic heterocycles. The number of nitrogens with one attached hydrogen (secondary N) is 1. The van der Waals surface area contributed by atoms with E-state index in [1.807, 2.05) is 69.3 Å². The maximum atomic E-state index is 11.9. The van der Waals surface area contributed by atoms with Crippen molar-refractivity contribution < 1.29 is 19.1 Å². The Labute approximate surface area is 221 Å². The van der Waals surface area contributed by atoms with Crippen LogP contribution in [-0.2, 0) is 22.6 Å². The quantitative estimate of drug-likeness (QED) is 0.133. The highest BCUT2D eigenvalue weighted by atomic mass is 16.7. The van der Waals surface area contributed by atoms with Crippen molar-refractivity contribution in [3.05, 3.63) is 94.3 Å². The fraction of sp³-hybridized carbons (Fsp3) is 0.286. The highest BCUT2D eigenvalue weighted by Crippen LogP contribution is 2.40. The van der Waals surface area contributed by atoms with E-state index in [2.05, 4.69) is 10.3 Å². The fourth-order valence-corrected chi connectivity index (χ4v) is 3.95. The molecule has 0 saturated carbocycles. The first-order chi connectivity index (χ1) is 18.5. The van der Waals surface area contributed by atoms with E-state index in [9.17, 15) is 10.1 Å². The number of rotatable bonds is 13. The van der Waals surface area contributed by atoms with Crippen molar-refractivity contribution in [2.75, 3.05) is 18.5 Å². The summed E-state index contributed by atoms with van der Waals surface area (Å²) in [6.45, 7) is 7.11. The molecule has 0 radical (unpaired) electrons. The zero-order valence-electron chi connectivity index (χ0n) is 21.7. The Morgan fingerprint density at radius 2 is 1.82 bits per heavy atom. The molecule has 0 fully saturated rings. The van der Waals surface area contributed by atoms with Gasteiger partial charge in [0.25, 0.3) is 0 Å². The number of hydrogen-bond acceptors (Lipinski definition) is 8. The van der Waals surface area contributed by atoms with Crippen molar-refractivity contribution in [1.29, 1.82) is 0 Å². The first-order valence-corrected chi connectivity index (χ1v) is 12.4. The molecule has 0 bridgehead atoms. The number of hydrogen-bond donors (Lipinski definition) is 1. The molecule has 0 saturated heterocycles. The number of anilines is 2. The standard InChI is InChI=1S/C28H31N5O5/c1-4-36-26(37-5-2)18-32-25(16-23(31-32)22-12-9-15-29-17-22)30-27-20(3)13-14-24(33(34)35)28(27)38-19-21-10-7-6-8-11-21/h6-17,26,30H,4-5,18-19H2,1-3H3. The summed E-state index contributed by atoms with van der Waals surface area (Å²) in [6, 6.07) is 18.3. The van der Waals surface area contributed by atoms with Crippen LogP contribution in [0.1, 0.15) is 25.0 Å². The third-order valence-electron chi connectivity index (χ3n) is 5.79. The Bertz CT molecular complexity index is 1340. The summed E-state index contributed by atoms with van der Waals surface area (Å²) in [5.74, 6) is 0.752. The average Bonchev–Trinajstić information content (AvgIpc) is 3.32. The SMILES string of the molecule is CCOC(Cn1nc(-c2cccnc2)cc1Nc1c(C)ccc([N+](=O)[O-])c1OCc1ccccc1)OCC. The van der Waals surface area contributed by atoms with Gasteiger partial charge in [0.15, 0.2) is 6.29 Å². The number of aromatic nitrogens is 3. The van der Waals surface area contributed by atoms with Crippen LogP contribution >= 0.6 is 0 Å². The minimum Gasteiger partial charge on any atom is -0.480 e. The summed E-state index contributed by atoms with van der Waals surface area (Å²) in [4.78, 5) is 15.7. The Hall–Kier alpha value is -4.28. The Balaban J connectivity index is 1.75. The third kappa shape index (κ3) is 6.53. The van der Waals surface area contributed by atoms with E-state index in [4.69, 9.17) is 19.3 Å². The zero-order valence-corrected chi connectivity index (χ0v) is 21.7. The lowest BCUT2D eigenvalue weighted by molar-refractivity contribution is -0.385. The van der Waals surface area contributed by atoms with Gasteiger partial charge >= 0.3 is 5.69 Å². The van der Waals surface area contributed by atoms with Crippen LogP contribution < -0.4 is 10.1 Å². The molecule has 0 spiro atoms. The van der Waals surface area contributed by atoms with Crippen LogP contribution in [0.3, 0.4) is 0 Å². The first kappa shape index (κ1) is 26.8. The molecule has 2 aromatic carbocycles. The molecular formula is C28H31N5O5. The predicted molar refractivity (Wildman–Crippen MR) is 144 cm³/mol. The van der Waals surface area contributed by atoms with Crippen molar-refractivity contribution in [3.8, 4) is 17.0 Å². The van der Waals surface area contributed by atoms with Crippen molar-refractivity contribution in [2.45, 2.75) is 40.2 Å². The number of benzene rings is 2. The highest BCUT2D eigenvalue weighted by Gasteiger charge is 2.24. The zero-order chi connectivity index (χ0) is 26.9. The van der Waals surface area contributed by atoms with E-state index in [1.165, 1.54) is 6.07 Å². The molecule has 4 aromatic rings. The second-order valence-electron chi connectivity index (χ2n) is 8.44. The van der Waals surface area contributed by atoms with Gasteiger partial charge in [-0.3, -0.25) is 15.1 Å². The topological polar surface area (TPSA) is 114 Å². The molecular weight excluding hydrogens is 486 g/mol. The van der Waals surface area contributed by atoms with Crippen LogP contribution in [0, 0.1) is 17.0 Å². The van der Waals surface area contributed by atoms with Crippen molar-refractivity contribution in [1.82, 2.24) is 14.8 Å². The van der Waals surface area contributed by atoms with Crippen LogP contribution in [0.4, 0.5) is 17.2 Å². The molecule has 2 aromatic heterocycles. The van der Waals surface area contributed by atoms with Gasteiger partial charge in [-0.05, 0) is 44.0 Å². The fourth-order valence-electron chi connectivity index (χ4n) is 3.95. The molecule has 0 aliphatic rings. The molecule has 10 heteroatoms. The molecule has 0 aliphatic carbocycles. The number of aryl methyl sites for hydroxylation is 1. The predicted octanol–water partition coefficient (Wildman–Crippen LogP) is 5.88. The maximum Gasteiger partial charge on any atom is 0.313 e. The number of ether oxygens (including phenoxy) is 3. The first-order valence-electron chi connectivity index (χ1n) is 12.4. The van der Waals surface area contributed by atoms with E-state index in [0.29, 0.717) is 37.0 Å². The normalized spacial score (nSPS) is 11.1. The maximum absolute atomic E-state index is 11.9. The molecule has 0 unspecified atom stereocenters. The van der Waals surface area contributed by atoms with E-state index >= 15 is 0 Å². The lowest BCUT2D eigenvalue weighted by Gasteiger charge is -2.20. The van der Waals surface area contributed by atoms with E-state index < -0.39 is 11.2 Å². The number of nitro benzene ring substituents is 1. The number of pyridine rings is 1. The van der Waals surface area contributed by atoms with Crippen LogP contribution in [0.5, 0.6) is 5.75 Å². The molecule has 198 valence electrons. The number of nitro groups is 1. The summed E-state index contributed by atoms with van der Waals surface area (Å²) >= 11 is 0. The van der Waals surface area contributed by atoms with Gasteiger partial charge in [-0.2, -0.15) is 5.10 Å². The van der Waals surface area contributed by atoms with Gasteiger partial charge in [0.1, 0.15) is 12.4 Å². The van der Waals surface area contributed by atoms with Gasteiger partial charge in [-0.15, -0.1) is 0 Å². The lowest BCUT2D eigenvalue weighted by atomic mass is 10.1. The average molecular weight is 518 g/mol. The van der Waals surface area contributed by atoms with Crippen LogP contribution in [0.2, 0.25) is 0 Å². The minimum atomic E-state index is -0.521. The third-order valence-corrected chi connectivity index (χ3v) is 5.79. The van der Waals surface area contributed by atoms with Crippen molar-refractivity contribution in [2.24, 2.45) is 0 Å². The summed E-state index contributed by atoms with van der Waals surface area (Å²) < 4.78 is 19.3. The summed E-state index contributed by atoms with van der Waals surface area (Å²) in [7, 11) is 0. The van der Waals surface area contributed by atoms with Gasteiger partial charge in [0.05, 0.1) is 22.8 Å². The lowest BCUT2D eigenvalue weighted by Crippen LogP contribution is -2.25. The summed E-state index contributed by atoms with van der Waals surface area (Å²) in [6.07, 6.45) is 2.90. The van der Waals surface area contributed by atoms with Crippen LogP contribution in [-0.4, -0.2) is 39.2 Å². The second kappa shape index (κ2) is 12.8. The summed E-state index contributed by atoms with van der Waals surface area (Å²) in [5, 5.41) is 20.1. The Morgan fingerprint density at radius 1 is 1.05 bits per heavy atom. The van der Waals surface area contributed by atoms with Crippen LogP contribution in [0.15, 0.2) is 73.1 Å². The second-order valence-corrected chi connectivity index (χ2v) is 8.44. The van der Waals surface area contributed by atoms with Gasteiger partial charge in [0.2, 0.25) is 5.75 Å². The molecule has 2 heterocycles. The van der Waals surface area contributed by atoms with Crippen molar-refractivity contribution in [3.63, 3.8) is 0 Å². The largest absolute Gasteiger partial charge is 0.480 e. The monoisotopic (exact) mass is 517 g/mol. The molecule has 4 rings (SSSR count). The number of nitrogens with zero attached hydrogens (tertiary/aromatic N) is 4. The molecule has 1 N–H and O–H groups in total. The molecule has 0 amide bonds. The molecule has 10 nitrogen and oxygen atoms in total. The highest BCUT2D eigenvalue weighted by molar-refractivity contribution is 5.76. The van der Waals surface area contributed by atoms with Gasteiger partial charge in [0, 0.05) is 43.3 Å². The minimum absolute atomic E-state index is 0.130. The van der Waals surface area contributed by atoms with E-state index in [1.54, 1.807) is 23.1 Å². The molecule has 38 heavy (non-hydrogen) atoms. The summed E-state index contributed by atoms with van der Waals surface area (Å²) in [5.41, 5.74) is 3.54. The van der Waals surface area contributed by atoms with Gasteiger partial charge in [-0.25, -0.2) is 4.68 Å². The van der Waals surface area contributed by atoms with Gasteiger partial charge in [-0.1, -0.05) is 36.4 Å². The van der Waals surface area contributed by atoms with Crippen LogP contribution in [0.25, 0.3) is 11.3 Å². The van der Waals surface area contributed by atoms with E-state index in [0.717, 1.165) is 16.7 Å².